The van der Waals surface area contributed by atoms with E-state index in [9.17, 15) is 9.18 Å². The predicted octanol–water partition coefficient (Wildman–Crippen LogP) is 2.42. The van der Waals surface area contributed by atoms with Crippen LogP contribution in [-0.4, -0.2) is 23.5 Å². The Balaban J connectivity index is 2.61. The lowest BCUT2D eigenvalue weighted by molar-refractivity contribution is -0.126. The first-order valence-corrected chi connectivity index (χ1v) is 5.61. The molecule has 0 spiro atoms. The van der Waals surface area contributed by atoms with Crippen molar-refractivity contribution in [3.63, 3.8) is 0 Å². The Bertz CT molecular complexity index is 267. The van der Waals surface area contributed by atoms with E-state index in [1.807, 2.05) is 13.8 Å². The fourth-order valence-corrected chi connectivity index (χ4v) is 2.08. The number of rotatable bonds is 2. The molecule has 3 unspecified atom stereocenters. The van der Waals surface area contributed by atoms with Crippen LogP contribution in [0.15, 0.2) is 12.2 Å². The highest BCUT2D eigenvalue weighted by atomic mass is 35.5. The molecule has 0 aromatic heterocycles. The largest absolute Gasteiger partial charge is 0.354 e. The second-order valence-corrected chi connectivity index (χ2v) is 4.91. The molecule has 0 saturated heterocycles. The molecule has 86 valence electrons. The third kappa shape index (κ3) is 3.20. The maximum Gasteiger partial charge on any atom is 0.225 e. The Hall–Kier alpha value is -0.570. The smallest absolute Gasteiger partial charge is 0.225 e. The summed E-state index contributed by atoms with van der Waals surface area (Å²) in [5.41, 5.74) is 0.482. The summed E-state index contributed by atoms with van der Waals surface area (Å²) in [6.07, 6.45) is -0.514. The summed E-state index contributed by atoms with van der Waals surface area (Å²) in [7, 11) is 0. The van der Waals surface area contributed by atoms with Crippen molar-refractivity contribution < 1.29 is 9.18 Å². The molecule has 0 radical (unpaired) electrons. The third-order valence-corrected chi connectivity index (χ3v) is 3.04. The van der Waals surface area contributed by atoms with E-state index in [1.54, 1.807) is 0 Å². The standard InChI is InChI=1S/C11H17ClFNO/c1-6(2)14-11(15)8-4-7(3)10(13)5-9(8)12/h6,8-10H,3-5H2,1-2H3,(H,14,15). The van der Waals surface area contributed by atoms with Gasteiger partial charge in [0, 0.05) is 11.4 Å². The lowest BCUT2D eigenvalue weighted by Gasteiger charge is -2.30. The monoisotopic (exact) mass is 233 g/mol. The van der Waals surface area contributed by atoms with Gasteiger partial charge in [-0.1, -0.05) is 6.58 Å². The van der Waals surface area contributed by atoms with Gasteiger partial charge in [-0.3, -0.25) is 4.79 Å². The van der Waals surface area contributed by atoms with Gasteiger partial charge in [-0.25, -0.2) is 4.39 Å². The van der Waals surface area contributed by atoms with Gasteiger partial charge in [0.15, 0.2) is 0 Å². The first kappa shape index (κ1) is 12.5. The van der Waals surface area contributed by atoms with Crippen LogP contribution in [0.1, 0.15) is 26.7 Å². The van der Waals surface area contributed by atoms with Crippen molar-refractivity contribution in [3.05, 3.63) is 12.2 Å². The van der Waals surface area contributed by atoms with Gasteiger partial charge in [0.2, 0.25) is 5.91 Å². The molecule has 0 bridgehead atoms. The zero-order valence-corrected chi connectivity index (χ0v) is 9.85. The summed E-state index contributed by atoms with van der Waals surface area (Å²) < 4.78 is 13.2. The lowest BCUT2D eigenvalue weighted by atomic mass is 9.84. The van der Waals surface area contributed by atoms with Gasteiger partial charge in [0.25, 0.3) is 0 Å². The van der Waals surface area contributed by atoms with E-state index in [-0.39, 0.29) is 24.3 Å². The van der Waals surface area contributed by atoms with Crippen molar-refractivity contribution >= 4 is 17.5 Å². The lowest BCUT2D eigenvalue weighted by Crippen LogP contribution is -2.42. The SMILES string of the molecule is C=C1CC(C(=O)NC(C)C)C(Cl)CC1F. The Labute approximate surface area is 94.9 Å². The fourth-order valence-electron chi connectivity index (χ4n) is 1.72. The van der Waals surface area contributed by atoms with Crippen molar-refractivity contribution in [2.75, 3.05) is 0 Å². The minimum Gasteiger partial charge on any atom is -0.354 e. The summed E-state index contributed by atoms with van der Waals surface area (Å²) in [6.45, 7) is 7.40. The Morgan fingerprint density at radius 2 is 2.27 bits per heavy atom. The number of carbonyl (C=O) groups is 1. The third-order valence-electron chi connectivity index (χ3n) is 2.56. The molecule has 1 amide bonds. The van der Waals surface area contributed by atoms with Crippen LogP contribution in [0.25, 0.3) is 0 Å². The Morgan fingerprint density at radius 3 is 2.80 bits per heavy atom. The maximum absolute atomic E-state index is 13.2. The van der Waals surface area contributed by atoms with E-state index in [0.717, 1.165) is 0 Å². The van der Waals surface area contributed by atoms with Gasteiger partial charge in [-0.2, -0.15) is 0 Å². The molecule has 0 heterocycles. The molecule has 0 aromatic rings. The predicted molar refractivity (Wildman–Crippen MR) is 59.7 cm³/mol. The molecule has 1 rings (SSSR count). The number of carbonyl (C=O) groups excluding carboxylic acids is 1. The summed E-state index contributed by atoms with van der Waals surface area (Å²) in [5.74, 6) is -0.438. The molecule has 1 aliphatic rings. The maximum atomic E-state index is 13.2. The average molecular weight is 234 g/mol. The van der Waals surface area contributed by atoms with Crippen LogP contribution in [0.4, 0.5) is 4.39 Å². The van der Waals surface area contributed by atoms with Crippen molar-refractivity contribution in [2.24, 2.45) is 5.92 Å². The van der Waals surface area contributed by atoms with Gasteiger partial charge in [0.05, 0.1) is 5.92 Å². The molecule has 0 aliphatic heterocycles. The molecule has 15 heavy (non-hydrogen) atoms. The van der Waals surface area contributed by atoms with Crippen molar-refractivity contribution in [3.8, 4) is 0 Å². The molecule has 1 saturated carbocycles. The summed E-state index contributed by atoms with van der Waals surface area (Å²) >= 11 is 5.98. The molecular weight excluding hydrogens is 217 g/mol. The van der Waals surface area contributed by atoms with Crippen LogP contribution in [0.5, 0.6) is 0 Å². The second kappa shape index (κ2) is 4.97. The summed E-state index contributed by atoms with van der Waals surface area (Å²) in [4.78, 5) is 11.7. The molecule has 1 N–H and O–H groups in total. The van der Waals surface area contributed by atoms with E-state index in [4.69, 9.17) is 11.6 Å². The molecule has 1 fully saturated rings. The number of amides is 1. The quantitative estimate of drug-likeness (QED) is 0.576. The summed E-state index contributed by atoms with van der Waals surface area (Å²) in [6, 6.07) is 0.0812. The Kier molecular flexibility index (Phi) is 4.14. The van der Waals surface area contributed by atoms with E-state index >= 15 is 0 Å². The van der Waals surface area contributed by atoms with Crippen molar-refractivity contribution in [1.82, 2.24) is 5.32 Å². The van der Waals surface area contributed by atoms with E-state index in [1.165, 1.54) is 0 Å². The highest BCUT2D eigenvalue weighted by molar-refractivity contribution is 6.22. The first-order valence-electron chi connectivity index (χ1n) is 5.18. The van der Waals surface area contributed by atoms with Gasteiger partial charge in [-0.05, 0) is 32.3 Å². The van der Waals surface area contributed by atoms with Crippen LogP contribution in [0.3, 0.4) is 0 Å². The van der Waals surface area contributed by atoms with Crippen LogP contribution in [0.2, 0.25) is 0 Å². The van der Waals surface area contributed by atoms with Crippen LogP contribution < -0.4 is 5.32 Å². The minimum absolute atomic E-state index is 0.0812. The topological polar surface area (TPSA) is 29.1 Å². The van der Waals surface area contributed by atoms with E-state index in [0.29, 0.717) is 12.0 Å². The molecule has 0 aromatic carbocycles. The number of alkyl halides is 2. The van der Waals surface area contributed by atoms with Gasteiger partial charge >= 0.3 is 0 Å². The first-order chi connectivity index (χ1) is 6.91. The zero-order valence-electron chi connectivity index (χ0n) is 9.09. The Morgan fingerprint density at radius 1 is 1.67 bits per heavy atom. The second-order valence-electron chi connectivity index (χ2n) is 4.35. The van der Waals surface area contributed by atoms with E-state index in [2.05, 4.69) is 11.9 Å². The number of halogens is 2. The average Bonchev–Trinajstić information content (AvgIpc) is 2.09. The molecule has 2 nitrogen and oxygen atoms in total. The van der Waals surface area contributed by atoms with Crippen LogP contribution in [0, 0.1) is 5.92 Å². The number of allylic oxidation sites excluding steroid dienone is 1. The van der Waals surface area contributed by atoms with Crippen LogP contribution in [-0.2, 0) is 4.79 Å². The number of hydrogen-bond donors (Lipinski definition) is 1. The van der Waals surface area contributed by atoms with E-state index < -0.39 is 11.5 Å². The molecule has 3 atom stereocenters. The summed E-state index contributed by atoms with van der Waals surface area (Å²) in [5, 5.41) is 2.36. The normalized spacial score (nSPS) is 31.8. The highest BCUT2D eigenvalue weighted by Crippen LogP contribution is 2.33. The minimum atomic E-state index is -1.06. The van der Waals surface area contributed by atoms with Crippen LogP contribution >= 0.6 is 11.6 Å². The molecule has 1 aliphatic carbocycles. The number of nitrogens with one attached hydrogen (secondary N) is 1. The number of hydrogen-bond acceptors (Lipinski definition) is 1. The van der Waals surface area contributed by atoms with Crippen molar-refractivity contribution in [1.29, 1.82) is 0 Å². The molecule has 4 heteroatoms. The van der Waals surface area contributed by atoms with Gasteiger partial charge in [-0.15, -0.1) is 11.6 Å². The van der Waals surface area contributed by atoms with Gasteiger partial charge < -0.3 is 5.32 Å². The van der Waals surface area contributed by atoms with Crippen molar-refractivity contribution in [2.45, 2.75) is 44.3 Å². The van der Waals surface area contributed by atoms with Gasteiger partial charge in [0.1, 0.15) is 6.17 Å². The highest BCUT2D eigenvalue weighted by Gasteiger charge is 2.36. The fraction of sp³-hybridized carbons (Fsp3) is 0.727. The zero-order chi connectivity index (χ0) is 11.6. The molecular formula is C11H17ClFNO.